The summed E-state index contributed by atoms with van der Waals surface area (Å²) in [5.74, 6) is 1.90. The standard InChI is InChI=1S/C16H17N5O4/c22-16(19-11-1-2-13-14(7-11)25-10-24-13)20-12-8-17-15(18-9-12)21-3-5-23-6-4-21/h1-2,7-9H,3-6,10H2,(H2,19,20,22). The molecule has 130 valence electrons. The molecule has 9 heteroatoms. The van der Waals surface area contributed by atoms with Crippen LogP contribution in [0.2, 0.25) is 0 Å². The number of benzene rings is 1. The van der Waals surface area contributed by atoms with Crippen LogP contribution in [0.4, 0.5) is 22.1 Å². The fourth-order valence-electron chi connectivity index (χ4n) is 2.58. The van der Waals surface area contributed by atoms with Crippen LogP contribution in [0.3, 0.4) is 0 Å². The molecule has 1 aromatic heterocycles. The Bertz CT molecular complexity index is 762. The third-order valence-electron chi connectivity index (χ3n) is 3.82. The van der Waals surface area contributed by atoms with Crippen LogP contribution in [0.5, 0.6) is 11.5 Å². The van der Waals surface area contributed by atoms with Gasteiger partial charge in [-0.05, 0) is 12.1 Å². The maximum Gasteiger partial charge on any atom is 0.323 e. The van der Waals surface area contributed by atoms with Gasteiger partial charge in [-0.15, -0.1) is 0 Å². The highest BCUT2D eigenvalue weighted by atomic mass is 16.7. The van der Waals surface area contributed by atoms with Gasteiger partial charge >= 0.3 is 6.03 Å². The first kappa shape index (κ1) is 15.5. The maximum absolute atomic E-state index is 12.1. The summed E-state index contributed by atoms with van der Waals surface area (Å²) >= 11 is 0. The summed E-state index contributed by atoms with van der Waals surface area (Å²) in [7, 11) is 0. The van der Waals surface area contributed by atoms with Crippen molar-refractivity contribution in [1.29, 1.82) is 0 Å². The Kier molecular flexibility index (Phi) is 4.21. The number of hydrogen-bond donors (Lipinski definition) is 2. The lowest BCUT2D eigenvalue weighted by Gasteiger charge is -2.26. The Hall–Kier alpha value is -3.07. The molecule has 3 heterocycles. The van der Waals surface area contributed by atoms with Crippen molar-refractivity contribution < 1.29 is 19.0 Å². The Morgan fingerprint density at radius 3 is 2.52 bits per heavy atom. The number of carbonyl (C=O) groups excluding carboxylic acids is 1. The second-order valence-electron chi connectivity index (χ2n) is 5.52. The molecular formula is C16H17N5O4. The number of aromatic nitrogens is 2. The number of rotatable bonds is 3. The van der Waals surface area contributed by atoms with Gasteiger partial charge in [0, 0.05) is 24.8 Å². The molecule has 0 atom stereocenters. The number of anilines is 3. The topological polar surface area (TPSA) is 97.8 Å². The van der Waals surface area contributed by atoms with Crippen molar-refractivity contribution in [3.8, 4) is 11.5 Å². The fraction of sp³-hybridized carbons (Fsp3) is 0.312. The zero-order valence-corrected chi connectivity index (χ0v) is 13.4. The van der Waals surface area contributed by atoms with Crippen LogP contribution in [0.25, 0.3) is 0 Å². The highest BCUT2D eigenvalue weighted by Crippen LogP contribution is 2.34. The van der Waals surface area contributed by atoms with E-state index in [2.05, 4.69) is 20.6 Å². The molecule has 1 saturated heterocycles. The Balaban J connectivity index is 1.35. The quantitative estimate of drug-likeness (QED) is 0.875. The number of fused-ring (bicyclic) bond motifs is 1. The number of amides is 2. The molecule has 0 radical (unpaired) electrons. The third-order valence-corrected chi connectivity index (χ3v) is 3.82. The van der Waals surface area contributed by atoms with E-state index in [-0.39, 0.29) is 12.8 Å². The number of ether oxygens (including phenoxy) is 3. The van der Waals surface area contributed by atoms with Crippen LogP contribution < -0.4 is 25.0 Å². The first-order valence-electron chi connectivity index (χ1n) is 7.90. The molecule has 2 amide bonds. The summed E-state index contributed by atoms with van der Waals surface area (Å²) < 4.78 is 15.8. The van der Waals surface area contributed by atoms with Gasteiger partial charge in [0.15, 0.2) is 11.5 Å². The molecule has 2 aliphatic rings. The van der Waals surface area contributed by atoms with Gasteiger partial charge in [0.05, 0.1) is 31.3 Å². The average molecular weight is 343 g/mol. The first-order valence-corrected chi connectivity index (χ1v) is 7.90. The van der Waals surface area contributed by atoms with Gasteiger partial charge in [0.25, 0.3) is 0 Å². The van der Waals surface area contributed by atoms with Crippen molar-refractivity contribution in [2.24, 2.45) is 0 Å². The number of morpholine rings is 1. The molecule has 4 rings (SSSR count). The fourth-order valence-corrected chi connectivity index (χ4v) is 2.58. The molecule has 0 spiro atoms. The van der Waals surface area contributed by atoms with E-state index < -0.39 is 0 Å². The smallest absolute Gasteiger partial charge is 0.323 e. The van der Waals surface area contributed by atoms with E-state index in [4.69, 9.17) is 14.2 Å². The summed E-state index contributed by atoms with van der Waals surface area (Å²) in [6.07, 6.45) is 3.16. The van der Waals surface area contributed by atoms with Gasteiger partial charge in [-0.1, -0.05) is 0 Å². The van der Waals surface area contributed by atoms with Crippen molar-refractivity contribution in [3.05, 3.63) is 30.6 Å². The highest BCUT2D eigenvalue weighted by molar-refractivity contribution is 5.99. The van der Waals surface area contributed by atoms with E-state index in [0.717, 1.165) is 13.1 Å². The van der Waals surface area contributed by atoms with Crippen molar-refractivity contribution in [1.82, 2.24) is 9.97 Å². The van der Waals surface area contributed by atoms with Gasteiger partial charge in [-0.2, -0.15) is 0 Å². The van der Waals surface area contributed by atoms with Gasteiger partial charge in [-0.3, -0.25) is 0 Å². The van der Waals surface area contributed by atoms with Gasteiger partial charge in [0.1, 0.15) is 0 Å². The summed E-state index contributed by atoms with van der Waals surface area (Å²) in [4.78, 5) is 22.7. The van der Waals surface area contributed by atoms with Gasteiger partial charge in [-0.25, -0.2) is 14.8 Å². The van der Waals surface area contributed by atoms with E-state index in [1.165, 1.54) is 0 Å². The number of nitrogens with one attached hydrogen (secondary N) is 2. The van der Waals surface area contributed by atoms with Crippen LogP contribution in [0.1, 0.15) is 0 Å². The summed E-state index contributed by atoms with van der Waals surface area (Å²) in [6.45, 7) is 3.05. The van der Waals surface area contributed by atoms with Crippen molar-refractivity contribution >= 4 is 23.4 Å². The van der Waals surface area contributed by atoms with E-state index >= 15 is 0 Å². The zero-order valence-electron chi connectivity index (χ0n) is 13.4. The minimum Gasteiger partial charge on any atom is -0.454 e. The van der Waals surface area contributed by atoms with Crippen molar-refractivity contribution in [3.63, 3.8) is 0 Å². The predicted molar refractivity (Wildman–Crippen MR) is 90.3 cm³/mol. The van der Waals surface area contributed by atoms with Crippen LogP contribution in [-0.2, 0) is 4.74 Å². The molecule has 2 aliphatic heterocycles. The molecule has 0 unspecified atom stereocenters. The number of urea groups is 1. The van der Waals surface area contributed by atoms with E-state index in [1.54, 1.807) is 30.6 Å². The van der Waals surface area contributed by atoms with E-state index in [9.17, 15) is 4.79 Å². The molecule has 25 heavy (non-hydrogen) atoms. The summed E-state index contributed by atoms with van der Waals surface area (Å²) in [5, 5.41) is 5.43. The van der Waals surface area contributed by atoms with Crippen molar-refractivity contribution in [2.75, 3.05) is 48.6 Å². The van der Waals surface area contributed by atoms with E-state index in [0.29, 0.717) is 42.0 Å². The van der Waals surface area contributed by atoms with E-state index in [1.807, 2.05) is 4.90 Å². The molecular weight excluding hydrogens is 326 g/mol. The first-order chi connectivity index (χ1) is 12.3. The number of hydrogen-bond acceptors (Lipinski definition) is 7. The zero-order chi connectivity index (χ0) is 17.1. The van der Waals surface area contributed by atoms with Crippen LogP contribution in [-0.4, -0.2) is 49.1 Å². The maximum atomic E-state index is 12.1. The lowest BCUT2D eigenvalue weighted by Crippen LogP contribution is -2.37. The molecule has 9 nitrogen and oxygen atoms in total. The molecule has 0 bridgehead atoms. The summed E-state index contributed by atoms with van der Waals surface area (Å²) in [5.41, 5.74) is 1.11. The monoisotopic (exact) mass is 343 g/mol. The number of carbonyl (C=O) groups is 1. The number of nitrogens with zero attached hydrogens (tertiary/aromatic N) is 3. The predicted octanol–water partition coefficient (Wildman–Crippen LogP) is 1.69. The van der Waals surface area contributed by atoms with Gasteiger partial charge in [0.2, 0.25) is 12.7 Å². The average Bonchev–Trinajstić information content (AvgIpc) is 3.11. The third kappa shape index (κ3) is 3.56. The Morgan fingerprint density at radius 2 is 1.72 bits per heavy atom. The SMILES string of the molecule is O=C(Nc1cnc(N2CCOCC2)nc1)Nc1ccc2c(c1)OCO2. The largest absolute Gasteiger partial charge is 0.454 e. The Labute approximate surface area is 143 Å². The minimum atomic E-state index is -0.387. The van der Waals surface area contributed by atoms with Gasteiger partial charge < -0.3 is 29.7 Å². The van der Waals surface area contributed by atoms with Crippen molar-refractivity contribution in [2.45, 2.75) is 0 Å². The normalized spacial score (nSPS) is 15.8. The second-order valence-corrected chi connectivity index (χ2v) is 5.52. The van der Waals surface area contributed by atoms with Crippen LogP contribution in [0.15, 0.2) is 30.6 Å². The summed E-state index contributed by atoms with van der Waals surface area (Å²) in [6, 6.07) is 4.81. The molecule has 2 aromatic rings. The molecule has 0 saturated carbocycles. The molecule has 0 aliphatic carbocycles. The molecule has 1 aromatic carbocycles. The highest BCUT2D eigenvalue weighted by Gasteiger charge is 2.15. The second kappa shape index (κ2) is 6.81. The molecule has 2 N–H and O–H groups in total. The lowest BCUT2D eigenvalue weighted by atomic mass is 10.3. The lowest BCUT2D eigenvalue weighted by molar-refractivity contribution is 0.122. The molecule has 1 fully saturated rings. The van der Waals surface area contributed by atoms with Crippen LogP contribution in [0, 0.1) is 0 Å². The van der Waals surface area contributed by atoms with Crippen LogP contribution >= 0.6 is 0 Å². The minimum absolute atomic E-state index is 0.192. The Morgan fingerprint density at radius 1 is 1.00 bits per heavy atom.